The lowest BCUT2D eigenvalue weighted by Gasteiger charge is -2.34. The number of hydrogen-bond acceptors (Lipinski definition) is 10. The molecule has 41 heavy (non-hydrogen) atoms. The number of nitrogens with two attached hydrogens (primary N) is 1. The van der Waals surface area contributed by atoms with Crippen LogP contribution in [0.1, 0.15) is 35.8 Å². The van der Waals surface area contributed by atoms with Crippen LogP contribution in [0.25, 0.3) is 22.4 Å². The fourth-order valence-electron chi connectivity index (χ4n) is 4.52. The van der Waals surface area contributed by atoms with Crippen molar-refractivity contribution in [3.05, 3.63) is 53.7 Å². The molecule has 0 spiro atoms. The number of anilines is 1. The smallest absolute Gasteiger partial charge is 0.433 e. The van der Waals surface area contributed by atoms with Gasteiger partial charge in [-0.25, -0.2) is 15.0 Å². The van der Waals surface area contributed by atoms with Gasteiger partial charge in [-0.15, -0.1) is 0 Å². The van der Waals surface area contributed by atoms with E-state index in [1.54, 1.807) is 37.1 Å². The molecule has 0 unspecified atom stereocenters. The summed E-state index contributed by atoms with van der Waals surface area (Å²) in [6, 6.07) is 6.96. The quantitative estimate of drug-likeness (QED) is 0.348. The summed E-state index contributed by atoms with van der Waals surface area (Å²) in [5.41, 5.74) is 5.24. The molecule has 1 fully saturated rings. The highest BCUT2D eigenvalue weighted by atomic mass is 19.4. The number of rotatable bonds is 7. The van der Waals surface area contributed by atoms with Gasteiger partial charge in [-0.2, -0.15) is 18.2 Å². The molecule has 1 aromatic carbocycles. The molecule has 3 aromatic heterocycles. The number of fused-ring (bicyclic) bond motifs is 1. The Morgan fingerprint density at radius 1 is 1.07 bits per heavy atom. The zero-order valence-corrected chi connectivity index (χ0v) is 22.6. The highest BCUT2D eigenvalue weighted by Crippen LogP contribution is 2.37. The number of amides is 1. The lowest BCUT2D eigenvalue weighted by atomic mass is 10.1. The number of carbonyl (C=O) groups excluding carboxylic acids is 1. The summed E-state index contributed by atoms with van der Waals surface area (Å²) in [6.07, 6.45) is -3.34. The van der Waals surface area contributed by atoms with Crippen molar-refractivity contribution in [2.75, 3.05) is 38.2 Å². The summed E-state index contributed by atoms with van der Waals surface area (Å²) >= 11 is 0. The summed E-state index contributed by atoms with van der Waals surface area (Å²) in [6.45, 7) is 5.13. The average Bonchev–Trinajstić information content (AvgIpc) is 3.40. The number of aromatic nitrogens is 4. The Kier molecular flexibility index (Phi) is 7.67. The maximum atomic E-state index is 13.5. The SMILES string of the molecule is COc1ccnc(N2CCN(C(=O)c3nc(-c4ccc(OC(C)C)c5nc(C(F)(F)F)ccc45)oc3CN)CC2)n1. The van der Waals surface area contributed by atoms with Gasteiger partial charge >= 0.3 is 6.18 Å². The van der Waals surface area contributed by atoms with E-state index >= 15 is 0 Å². The standard InChI is InChI=1S/C27H28F3N7O4/c1-15(2)40-18-6-4-17(16-5-7-20(27(28,29)30)33-22(16)18)24-35-23(19(14-31)41-24)25(38)36-10-12-37(13-11-36)26-32-9-8-21(34-26)39-3/h4-9,15H,10-14,31H2,1-3H3. The Hall–Kier alpha value is -4.46. The van der Waals surface area contributed by atoms with E-state index in [-0.39, 0.29) is 47.2 Å². The van der Waals surface area contributed by atoms with Gasteiger partial charge in [-0.05, 0) is 38.1 Å². The van der Waals surface area contributed by atoms with E-state index in [1.165, 1.54) is 19.2 Å². The van der Waals surface area contributed by atoms with Crippen molar-refractivity contribution in [2.24, 2.45) is 5.73 Å². The zero-order chi connectivity index (χ0) is 29.3. The van der Waals surface area contributed by atoms with Crippen LogP contribution >= 0.6 is 0 Å². The van der Waals surface area contributed by atoms with Gasteiger partial charge in [-0.1, -0.05) is 0 Å². The van der Waals surface area contributed by atoms with E-state index in [4.69, 9.17) is 19.6 Å². The van der Waals surface area contributed by atoms with E-state index in [9.17, 15) is 18.0 Å². The number of pyridine rings is 1. The van der Waals surface area contributed by atoms with E-state index in [0.29, 0.717) is 49.0 Å². The van der Waals surface area contributed by atoms with Gasteiger partial charge in [0, 0.05) is 49.4 Å². The zero-order valence-electron chi connectivity index (χ0n) is 22.6. The number of carbonyl (C=O) groups is 1. The molecular formula is C27H28F3N7O4. The molecule has 0 aliphatic carbocycles. The highest BCUT2D eigenvalue weighted by molar-refractivity contribution is 5.98. The van der Waals surface area contributed by atoms with Crippen LogP contribution in [0.3, 0.4) is 0 Å². The first-order valence-corrected chi connectivity index (χ1v) is 12.9. The maximum Gasteiger partial charge on any atom is 0.433 e. The largest absolute Gasteiger partial charge is 0.489 e. The maximum absolute atomic E-state index is 13.5. The molecule has 216 valence electrons. The van der Waals surface area contributed by atoms with Crippen molar-refractivity contribution in [1.29, 1.82) is 0 Å². The van der Waals surface area contributed by atoms with Gasteiger partial charge in [0.05, 0.1) is 19.8 Å². The summed E-state index contributed by atoms with van der Waals surface area (Å²) in [5.74, 6) is 0.969. The first-order valence-electron chi connectivity index (χ1n) is 12.9. The lowest BCUT2D eigenvalue weighted by molar-refractivity contribution is -0.140. The Labute approximate surface area is 233 Å². The monoisotopic (exact) mass is 571 g/mol. The third-order valence-electron chi connectivity index (χ3n) is 6.47. The van der Waals surface area contributed by atoms with Crippen molar-refractivity contribution in [2.45, 2.75) is 32.7 Å². The molecule has 14 heteroatoms. The molecule has 0 radical (unpaired) electrons. The van der Waals surface area contributed by atoms with Crippen LogP contribution in [0.5, 0.6) is 11.6 Å². The van der Waals surface area contributed by atoms with Gasteiger partial charge in [0.1, 0.15) is 17.0 Å². The summed E-state index contributed by atoms with van der Waals surface area (Å²) in [5, 5.41) is 0.326. The van der Waals surface area contributed by atoms with Crippen LogP contribution in [0.4, 0.5) is 19.1 Å². The number of halogens is 3. The molecule has 1 aliphatic heterocycles. The molecule has 5 rings (SSSR count). The van der Waals surface area contributed by atoms with Crippen LogP contribution in [0, 0.1) is 0 Å². The summed E-state index contributed by atoms with van der Waals surface area (Å²) in [4.78, 5) is 34.0. The molecule has 0 atom stereocenters. The first-order chi connectivity index (χ1) is 19.6. The number of methoxy groups -OCH3 is 1. The van der Waals surface area contributed by atoms with Gasteiger partial charge in [-0.3, -0.25) is 4.79 Å². The molecule has 1 saturated heterocycles. The minimum Gasteiger partial charge on any atom is -0.489 e. The van der Waals surface area contributed by atoms with Crippen LogP contribution in [-0.2, 0) is 12.7 Å². The van der Waals surface area contributed by atoms with Gasteiger partial charge < -0.3 is 29.4 Å². The Morgan fingerprint density at radius 2 is 1.83 bits per heavy atom. The third kappa shape index (κ3) is 5.73. The van der Waals surface area contributed by atoms with Gasteiger partial charge in [0.25, 0.3) is 5.91 Å². The molecule has 2 N–H and O–H groups in total. The molecule has 0 saturated carbocycles. The van der Waals surface area contributed by atoms with E-state index < -0.39 is 11.9 Å². The fourth-order valence-corrected chi connectivity index (χ4v) is 4.52. The fraction of sp³-hybridized carbons (Fsp3) is 0.370. The van der Waals surface area contributed by atoms with Crippen LogP contribution in [0.15, 0.2) is 40.9 Å². The Balaban J connectivity index is 1.44. The van der Waals surface area contributed by atoms with Crippen molar-refractivity contribution in [3.63, 3.8) is 0 Å². The molecule has 4 aromatic rings. The topological polar surface area (TPSA) is 133 Å². The average molecular weight is 572 g/mol. The predicted molar refractivity (Wildman–Crippen MR) is 143 cm³/mol. The minimum absolute atomic E-state index is 0.00211. The van der Waals surface area contributed by atoms with Gasteiger partial charge in [0.15, 0.2) is 11.5 Å². The van der Waals surface area contributed by atoms with Crippen molar-refractivity contribution in [3.8, 4) is 23.1 Å². The van der Waals surface area contributed by atoms with Crippen LogP contribution in [0.2, 0.25) is 0 Å². The number of oxazole rings is 1. The Bertz CT molecular complexity index is 1570. The second-order valence-corrected chi connectivity index (χ2v) is 9.54. The Morgan fingerprint density at radius 3 is 2.49 bits per heavy atom. The van der Waals surface area contributed by atoms with Crippen LogP contribution < -0.4 is 20.1 Å². The first kappa shape index (κ1) is 28.1. The second-order valence-electron chi connectivity index (χ2n) is 9.54. The number of nitrogens with zero attached hydrogens (tertiary/aromatic N) is 6. The second kappa shape index (κ2) is 11.2. The normalized spacial score (nSPS) is 14.1. The molecular weight excluding hydrogens is 543 g/mol. The molecule has 4 heterocycles. The molecule has 11 nitrogen and oxygen atoms in total. The number of alkyl halides is 3. The van der Waals surface area contributed by atoms with Gasteiger partial charge in [0.2, 0.25) is 17.7 Å². The number of benzene rings is 1. The van der Waals surface area contributed by atoms with Crippen LogP contribution in [-0.4, -0.2) is 70.1 Å². The van der Waals surface area contributed by atoms with Crippen molar-refractivity contribution >= 4 is 22.8 Å². The molecule has 0 bridgehead atoms. The summed E-state index contributed by atoms with van der Waals surface area (Å²) in [7, 11) is 1.52. The number of ether oxygens (including phenoxy) is 2. The lowest BCUT2D eigenvalue weighted by Crippen LogP contribution is -2.49. The predicted octanol–water partition coefficient (Wildman–Crippen LogP) is 3.92. The van der Waals surface area contributed by atoms with Crippen molar-refractivity contribution in [1.82, 2.24) is 24.8 Å². The molecule has 1 aliphatic rings. The molecule has 1 amide bonds. The summed E-state index contributed by atoms with van der Waals surface area (Å²) < 4.78 is 57.1. The number of piperazine rings is 1. The van der Waals surface area contributed by atoms with E-state index in [1.807, 2.05) is 4.90 Å². The third-order valence-corrected chi connectivity index (χ3v) is 6.47. The van der Waals surface area contributed by atoms with Crippen molar-refractivity contribution < 1.29 is 31.9 Å². The van der Waals surface area contributed by atoms with E-state index in [0.717, 1.165) is 6.07 Å². The highest BCUT2D eigenvalue weighted by Gasteiger charge is 2.34. The minimum atomic E-state index is -4.64. The van der Waals surface area contributed by atoms with E-state index in [2.05, 4.69) is 19.9 Å². The number of hydrogen-bond donors (Lipinski definition) is 1.